The summed E-state index contributed by atoms with van der Waals surface area (Å²) in [6.45, 7) is 2.87. The zero-order valence-electron chi connectivity index (χ0n) is 16.8. The lowest BCUT2D eigenvalue weighted by Gasteiger charge is -2.18. The van der Waals surface area contributed by atoms with E-state index in [2.05, 4.69) is 10.3 Å². The molecule has 0 aliphatic carbocycles. The van der Waals surface area contributed by atoms with Crippen LogP contribution in [0.5, 0.6) is 0 Å². The molecule has 0 radical (unpaired) electrons. The number of halogens is 2. The molecule has 2 aromatic carbocycles. The Kier molecular flexibility index (Phi) is 6.86. The number of anilines is 1. The van der Waals surface area contributed by atoms with Crippen LogP contribution in [0.1, 0.15) is 19.8 Å². The second kappa shape index (κ2) is 9.61. The summed E-state index contributed by atoms with van der Waals surface area (Å²) in [6, 6.07) is 12.1. The van der Waals surface area contributed by atoms with Gasteiger partial charge in [0.2, 0.25) is 5.91 Å². The summed E-state index contributed by atoms with van der Waals surface area (Å²) in [4.78, 5) is 30.7. The first-order valence-corrected chi connectivity index (χ1v) is 11.6. The number of aromatic nitrogens is 2. The third-order valence-corrected chi connectivity index (χ3v) is 6.73. The van der Waals surface area contributed by atoms with Gasteiger partial charge in [0.25, 0.3) is 5.56 Å². The Morgan fingerprint density at radius 3 is 2.90 bits per heavy atom. The number of fused-ring (bicyclic) bond motifs is 1. The van der Waals surface area contributed by atoms with Gasteiger partial charge in [0, 0.05) is 11.6 Å². The van der Waals surface area contributed by atoms with Crippen molar-refractivity contribution in [2.24, 2.45) is 0 Å². The third-order valence-electron chi connectivity index (χ3n) is 5.07. The maximum absolute atomic E-state index is 13.2. The molecule has 1 N–H and O–H groups in total. The standard InChI is InChI=1S/C22H21Cl2N3O3S/c1-13(20(28)25-19-11-14(23)8-9-17(19)24)31-22-26-18-7-3-2-6-16(18)21(29)27(22)12-15-5-4-10-30-15/h2-3,6-9,11,13,15H,4-5,10,12H2,1H3,(H,25,28). The highest BCUT2D eigenvalue weighted by atomic mass is 35.5. The van der Waals surface area contributed by atoms with Gasteiger partial charge in [-0.1, -0.05) is 47.1 Å². The number of hydrogen-bond acceptors (Lipinski definition) is 5. The molecule has 1 aliphatic rings. The molecule has 6 nitrogen and oxygen atoms in total. The van der Waals surface area contributed by atoms with Gasteiger partial charge in [0.1, 0.15) is 0 Å². The number of ether oxygens (including phenoxy) is 1. The fourth-order valence-electron chi connectivity index (χ4n) is 3.43. The number of hydrogen-bond donors (Lipinski definition) is 1. The SMILES string of the molecule is CC(Sc1nc2ccccc2c(=O)n1CC1CCCO1)C(=O)Nc1cc(Cl)ccc1Cl. The van der Waals surface area contributed by atoms with Crippen molar-refractivity contribution in [3.8, 4) is 0 Å². The molecule has 162 valence electrons. The van der Waals surface area contributed by atoms with E-state index in [0.717, 1.165) is 12.8 Å². The summed E-state index contributed by atoms with van der Waals surface area (Å²) >= 11 is 13.4. The summed E-state index contributed by atoms with van der Waals surface area (Å²) in [5, 5.41) is 4.18. The molecule has 2 unspecified atom stereocenters. The van der Waals surface area contributed by atoms with E-state index in [0.29, 0.717) is 44.9 Å². The third kappa shape index (κ3) is 5.06. The number of carbonyl (C=O) groups excluding carboxylic acids is 1. The maximum Gasteiger partial charge on any atom is 0.262 e. The summed E-state index contributed by atoms with van der Waals surface area (Å²) in [6.07, 6.45) is 1.84. The molecule has 2 atom stereocenters. The normalized spacial score (nSPS) is 17.1. The van der Waals surface area contributed by atoms with Crippen molar-refractivity contribution in [2.45, 2.75) is 42.8 Å². The molecule has 31 heavy (non-hydrogen) atoms. The monoisotopic (exact) mass is 477 g/mol. The van der Waals surface area contributed by atoms with Gasteiger partial charge in [-0.15, -0.1) is 0 Å². The van der Waals surface area contributed by atoms with Crippen LogP contribution in [0.25, 0.3) is 10.9 Å². The Morgan fingerprint density at radius 1 is 1.32 bits per heavy atom. The highest BCUT2D eigenvalue weighted by Gasteiger charge is 2.23. The van der Waals surface area contributed by atoms with Gasteiger partial charge in [0.15, 0.2) is 5.16 Å². The second-order valence-corrected chi connectivity index (χ2v) is 9.49. The van der Waals surface area contributed by atoms with Crippen molar-refractivity contribution >= 4 is 57.5 Å². The molecule has 9 heteroatoms. The molecular weight excluding hydrogens is 457 g/mol. The number of para-hydroxylation sites is 1. The van der Waals surface area contributed by atoms with Gasteiger partial charge in [-0.25, -0.2) is 4.98 Å². The highest BCUT2D eigenvalue weighted by Crippen LogP contribution is 2.28. The van der Waals surface area contributed by atoms with Gasteiger partial charge in [0.05, 0.1) is 39.5 Å². The first-order chi connectivity index (χ1) is 14.9. The smallest absolute Gasteiger partial charge is 0.262 e. The predicted molar refractivity (Wildman–Crippen MR) is 125 cm³/mol. The van der Waals surface area contributed by atoms with Gasteiger partial charge < -0.3 is 10.1 Å². The fraction of sp³-hybridized carbons (Fsp3) is 0.318. The van der Waals surface area contributed by atoms with Crippen molar-refractivity contribution in [1.82, 2.24) is 9.55 Å². The summed E-state index contributed by atoms with van der Waals surface area (Å²) in [5.74, 6) is -0.264. The average molecular weight is 478 g/mol. The molecule has 1 aliphatic heterocycles. The van der Waals surface area contributed by atoms with Crippen LogP contribution in [0.3, 0.4) is 0 Å². The van der Waals surface area contributed by atoms with E-state index in [1.807, 2.05) is 12.1 Å². The molecule has 3 aromatic rings. The highest BCUT2D eigenvalue weighted by molar-refractivity contribution is 8.00. The van der Waals surface area contributed by atoms with Crippen LogP contribution < -0.4 is 10.9 Å². The lowest BCUT2D eigenvalue weighted by atomic mass is 10.2. The van der Waals surface area contributed by atoms with Crippen LogP contribution in [0.15, 0.2) is 52.4 Å². The van der Waals surface area contributed by atoms with E-state index < -0.39 is 5.25 Å². The lowest BCUT2D eigenvalue weighted by molar-refractivity contribution is -0.115. The number of benzene rings is 2. The Bertz CT molecular complexity index is 1180. The molecule has 1 fully saturated rings. The van der Waals surface area contributed by atoms with E-state index in [9.17, 15) is 9.59 Å². The van der Waals surface area contributed by atoms with Crippen molar-refractivity contribution in [3.05, 3.63) is 62.9 Å². The zero-order valence-corrected chi connectivity index (χ0v) is 19.1. The number of amides is 1. The first-order valence-electron chi connectivity index (χ1n) is 9.96. The lowest BCUT2D eigenvalue weighted by Crippen LogP contribution is -2.30. The molecule has 4 rings (SSSR count). The van der Waals surface area contributed by atoms with Crippen molar-refractivity contribution in [3.63, 3.8) is 0 Å². The fourth-order valence-corrected chi connectivity index (χ4v) is 4.68. The summed E-state index contributed by atoms with van der Waals surface area (Å²) < 4.78 is 7.36. The molecule has 2 heterocycles. The van der Waals surface area contributed by atoms with Gasteiger partial charge >= 0.3 is 0 Å². The zero-order chi connectivity index (χ0) is 22.0. The minimum Gasteiger partial charge on any atom is -0.376 e. The Balaban J connectivity index is 1.62. The first kappa shape index (κ1) is 22.1. The van der Waals surface area contributed by atoms with Crippen molar-refractivity contribution < 1.29 is 9.53 Å². The number of thioether (sulfide) groups is 1. The average Bonchev–Trinajstić information content (AvgIpc) is 3.26. The molecule has 1 amide bonds. The van der Waals surface area contributed by atoms with Crippen LogP contribution in [0.2, 0.25) is 10.0 Å². The van der Waals surface area contributed by atoms with Crippen LogP contribution in [0.4, 0.5) is 5.69 Å². The van der Waals surface area contributed by atoms with Crippen LogP contribution in [-0.2, 0) is 16.1 Å². The van der Waals surface area contributed by atoms with Crippen molar-refractivity contribution in [2.75, 3.05) is 11.9 Å². The molecule has 0 bridgehead atoms. The van der Waals surface area contributed by atoms with E-state index in [1.165, 1.54) is 11.8 Å². The van der Waals surface area contributed by atoms with E-state index in [4.69, 9.17) is 27.9 Å². The number of carbonyl (C=O) groups is 1. The molecule has 0 spiro atoms. The summed E-state index contributed by atoms with van der Waals surface area (Å²) in [7, 11) is 0. The predicted octanol–water partition coefficient (Wildman–Crippen LogP) is 5.00. The van der Waals surface area contributed by atoms with E-state index in [-0.39, 0.29) is 17.6 Å². The maximum atomic E-state index is 13.2. The molecule has 0 saturated carbocycles. The van der Waals surface area contributed by atoms with E-state index in [1.54, 1.807) is 41.8 Å². The second-order valence-electron chi connectivity index (χ2n) is 7.34. The Morgan fingerprint density at radius 2 is 2.13 bits per heavy atom. The molecule has 1 saturated heterocycles. The van der Waals surface area contributed by atoms with Gasteiger partial charge in [-0.05, 0) is 50.1 Å². The molecule has 1 aromatic heterocycles. The minimum absolute atomic E-state index is 0.0330. The molecular formula is C22H21Cl2N3O3S. The van der Waals surface area contributed by atoms with Gasteiger partial charge in [-0.3, -0.25) is 14.2 Å². The van der Waals surface area contributed by atoms with Crippen LogP contribution in [0, 0.1) is 0 Å². The number of nitrogens with zero attached hydrogens (tertiary/aromatic N) is 2. The van der Waals surface area contributed by atoms with Crippen LogP contribution in [-0.4, -0.2) is 33.4 Å². The largest absolute Gasteiger partial charge is 0.376 e. The minimum atomic E-state index is -0.529. The number of rotatable bonds is 6. The van der Waals surface area contributed by atoms with Crippen LogP contribution >= 0.6 is 35.0 Å². The Labute approximate surface area is 193 Å². The van der Waals surface area contributed by atoms with E-state index >= 15 is 0 Å². The summed E-state index contributed by atoms with van der Waals surface area (Å²) in [5.41, 5.74) is 0.910. The number of nitrogens with one attached hydrogen (secondary N) is 1. The van der Waals surface area contributed by atoms with Crippen molar-refractivity contribution in [1.29, 1.82) is 0 Å². The Hall–Kier alpha value is -2.06. The quantitative estimate of drug-likeness (QED) is 0.399. The topological polar surface area (TPSA) is 73.2 Å². The van der Waals surface area contributed by atoms with Gasteiger partial charge in [-0.2, -0.15) is 0 Å².